The second-order valence-electron chi connectivity index (χ2n) is 3.92. The fourth-order valence-electron chi connectivity index (χ4n) is 1.79. The molecule has 19 heavy (non-hydrogen) atoms. The van der Waals surface area contributed by atoms with Gasteiger partial charge in [-0.3, -0.25) is 9.89 Å². The third-order valence-corrected chi connectivity index (χ3v) is 2.75. The first-order valence-corrected chi connectivity index (χ1v) is 5.65. The van der Waals surface area contributed by atoms with E-state index in [0.717, 1.165) is 10.9 Å². The zero-order valence-electron chi connectivity index (χ0n) is 10.1. The number of hydrogen-bond donors (Lipinski definition) is 2. The van der Waals surface area contributed by atoms with Crippen molar-refractivity contribution >= 4 is 22.6 Å². The van der Waals surface area contributed by atoms with Crippen LogP contribution >= 0.6 is 0 Å². The molecule has 0 atom stereocenters. The minimum atomic E-state index is -0.346. The van der Waals surface area contributed by atoms with Gasteiger partial charge in [0.15, 0.2) is 11.6 Å². The van der Waals surface area contributed by atoms with Crippen molar-refractivity contribution in [3.05, 3.63) is 42.4 Å². The van der Waals surface area contributed by atoms with E-state index in [1.165, 1.54) is 6.26 Å². The molecule has 0 aliphatic carbocycles. The summed E-state index contributed by atoms with van der Waals surface area (Å²) in [4.78, 5) is 11.9. The van der Waals surface area contributed by atoms with Crippen LogP contribution in [0.25, 0.3) is 10.9 Å². The number of methoxy groups -OCH3 is 1. The zero-order chi connectivity index (χ0) is 13.2. The highest BCUT2D eigenvalue weighted by molar-refractivity contribution is 6.06. The molecule has 3 aromatic rings. The van der Waals surface area contributed by atoms with Crippen LogP contribution in [0.15, 0.2) is 41.0 Å². The van der Waals surface area contributed by atoms with Crippen LogP contribution in [-0.4, -0.2) is 23.2 Å². The van der Waals surface area contributed by atoms with Gasteiger partial charge in [-0.1, -0.05) is 0 Å². The molecule has 3 rings (SSSR count). The van der Waals surface area contributed by atoms with E-state index >= 15 is 0 Å². The summed E-state index contributed by atoms with van der Waals surface area (Å²) in [6.45, 7) is 0. The number of rotatable bonds is 3. The van der Waals surface area contributed by atoms with Gasteiger partial charge in [0, 0.05) is 5.39 Å². The predicted octanol–water partition coefficient (Wildman–Crippen LogP) is 2.42. The van der Waals surface area contributed by atoms with E-state index in [1.807, 2.05) is 12.1 Å². The SMILES string of the molecule is COc1ccc2[nH]nc(NC(=O)c3ccco3)c2c1. The summed E-state index contributed by atoms with van der Waals surface area (Å²) < 4.78 is 10.2. The summed E-state index contributed by atoms with van der Waals surface area (Å²) in [5, 5.41) is 10.4. The van der Waals surface area contributed by atoms with E-state index in [1.54, 1.807) is 25.3 Å². The number of furan rings is 1. The molecule has 6 nitrogen and oxygen atoms in total. The van der Waals surface area contributed by atoms with E-state index in [0.29, 0.717) is 11.6 Å². The summed E-state index contributed by atoms with van der Waals surface area (Å²) in [7, 11) is 1.59. The fourth-order valence-corrected chi connectivity index (χ4v) is 1.79. The van der Waals surface area contributed by atoms with E-state index in [2.05, 4.69) is 15.5 Å². The number of benzene rings is 1. The van der Waals surface area contributed by atoms with Crippen LogP contribution < -0.4 is 10.1 Å². The van der Waals surface area contributed by atoms with Gasteiger partial charge in [0.1, 0.15) is 5.75 Å². The lowest BCUT2D eigenvalue weighted by Crippen LogP contribution is -2.11. The Labute approximate surface area is 108 Å². The van der Waals surface area contributed by atoms with Crippen LogP contribution in [0.1, 0.15) is 10.6 Å². The van der Waals surface area contributed by atoms with Crippen LogP contribution in [0.4, 0.5) is 5.82 Å². The minimum Gasteiger partial charge on any atom is -0.497 e. The Morgan fingerprint density at radius 1 is 1.42 bits per heavy atom. The average molecular weight is 257 g/mol. The first-order chi connectivity index (χ1) is 9.28. The Morgan fingerprint density at radius 2 is 2.32 bits per heavy atom. The summed E-state index contributed by atoms with van der Waals surface area (Å²) in [5.74, 6) is 1.03. The molecular formula is C13H11N3O3. The van der Waals surface area contributed by atoms with Gasteiger partial charge in [0.05, 0.1) is 18.9 Å². The summed E-state index contributed by atoms with van der Waals surface area (Å²) in [6.07, 6.45) is 1.45. The second kappa shape index (κ2) is 4.49. The van der Waals surface area contributed by atoms with Crippen molar-refractivity contribution in [3.8, 4) is 5.75 Å². The van der Waals surface area contributed by atoms with Gasteiger partial charge in [-0.15, -0.1) is 0 Å². The number of carbonyl (C=O) groups is 1. The van der Waals surface area contributed by atoms with Gasteiger partial charge in [0.25, 0.3) is 5.91 Å². The van der Waals surface area contributed by atoms with Gasteiger partial charge < -0.3 is 14.5 Å². The maximum atomic E-state index is 11.9. The highest BCUT2D eigenvalue weighted by Crippen LogP contribution is 2.25. The molecule has 2 aromatic heterocycles. The first kappa shape index (κ1) is 11.3. The molecule has 0 unspecified atom stereocenters. The van der Waals surface area contributed by atoms with Crippen molar-refractivity contribution in [2.45, 2.75) is 0 Å². The quantitative estimate of drug-likeness (QED) is 0.755. The van der Waals surface area contributed by atoms with Crippen molar-refractivity contribution in [1.29, 1.82) is 0 Å². The summed E-state index contributed by atoms with van der Waals surface area (Å²) in [6, 6.07) is 8.70. The molecule has 6 heteroatoms. The molecule has 0 spiro atoms. The Hall–Kier alpha value is -2.76. The van der Waals surface area contributed by atoms with Crippen molar-refractivity contribution in [1.82, 2.24) is 10.2 Å². The smallest absolute Gasteiger partial charge is 0.292 e. The highest BCUT2D eigenvalue weighted by Gasteiger charge is 2.13. The highest BCUT2D eigenvalue weighted by atomic mass is 16.5. The largest absolute Gasteiger partial charge is 0.497 e. The van der Waals surface area contributed by atoms with E-state index in [4.69, 9.17) is 9.15 Å². The van der Waals surface area contributed by atoms with Crippen LogP contribution in [0.2, 0.25) is 0 Å². The van der Waals surface area contributed by atoms with Gasteiger partial charge in [-0.25, -0.2) is 0 Å². The molecular weight excluding hydrogens is 246 g/mol. The molecule has 0 aliphatic heterocycles. The molecule has 0 saturated carbocycles. The molecule has 0 fully saturated rings. The lowest BCUT2D eigenvalue weighted by molar-refractivity contribution is 0.0996. The number of nitrogens with one attached hydrogen (secondary N) is 2. The number of aromatic nitrogens is 2. The molecule has 0 aliphatic rings. The maximum Gasteiger partial charge on any atom is 0.292 e. The van der Waals surface area contributed by atoms with Crippen LogP contribution in [0.3, 0.4) is 0 Å². The Kier molecular flexibility index (Phi) is 2.68. The van der Waals surface area contributed by atoms with Gasteiger partial charge in [-0.05, 0) is 30.3 Å². The molecule has 2 heterocycles. The number of carbonyl (C=O) groups excluding carboxylic acids is 1. The maximum absolute atomic E-state index is 11.9. The molecule has 2 N–H and O–H groups in total. The average Bonchev–Trinajstić information content (AvgIpc) is 3.08. The molecule has 0 bridgehead atoms. The van der Waals surface area contributed by atoms with Gasteiger partial charge in [-0.2, -0.15) is 5.10 Å². The van der Waals surface area contributed by atoms with E-state index in [9.17, 15) is 4.79 Å². The van der Waals surface area contributed by atoms with E-state index < -0.39 is 0 Å². The van der Waals surface area contributed by atoms with Gasteiger partial charge in [0.2, 0.25) is 0 Å². The number of fused-ring (bicyclic) bond motifs is 1. The Balaban J connectivity index is 1.94. The fraction of sp³-hybridized carbons (Fsp3) is 0.0769. The van der Waals surface area contributed by atoms with Crippen LogP contribution in [0, 0.1) is 0 Å². The van der Waals surface area contributed by atoms with Crippen molar-refractivity contribution in [3.63, 3.8) is 0 Å². The number of ether oxygens (including phenoxy) is 1. The van der Waals surface area contributed by atoms with Crippen LogP contribution in [-0.2, 0) is 0 Å². The van der Waals surface area contributed by atoms with Crippen molar-refractivity contribution < 1.29 is 13.9 Å². The molecule has 1 aromatic carbocycles. The van der Waals surface area contributed by atoms with E-state index in [-0.39, 0.29) is 11.7 Å². The lowest BCUT2D eigenvalue weighted by atomic mass is 10.2. The molecule has 0 saturated heterocycles. The van der Waals surface area contributed by atoms with Gasteiger partial charge >= 0.3 is 0 Å². The number of H-pyrrole nitrogens is 1. The lowest BCUT2D eigenvalue weighted by Gasteiger charge is -2.01. The first-order valence-electron chi connectivity index (χ1n) is 5.65. The number of anilines is 1. The monoisotopic (exact) mass is 257 g/mol. The standard InChI is InChI=1S/C13H11N3O3/c1-18-8-4-5-10-9(7-8)12(16-15-10)14-13(17)11-3-2-6-19-11/h2-7H,1H3,(H2,14,15,16,17). The Morgan fingerprint density at radius 3 is 3.05 bits per heavy atom. The normalized spacial score (nSPS) is 10.6. The predicted molar refractivity (Wildman–Crippen MR) is 69.3 cm³/mol. The summed E-state index contributed by atoms with van der Waals surface area (Å²) in [5.41, 5.74) is 0.815. The third kappa shape index (κ3) is 2.03. The van der Waals surface area contributed by atoms with Crippen LogP contribution in [0.5, 0.6) is 5.75 Å². The molecule has 1 amide bonds. The number of amides is 1. The zero-order valence-corrected chi connectivity index (χ0v) is 10.1. The topological polar surface area (TPSA) is 80.1 Å². The minimum absolute atomic E-state index is 0.235. The molecule has 96 valence electrons. The van der Waals surface area contributed by atoms with Crippen molar-refractivity contribution in [2.24, 2.45) is 0 Å². The van der Waals surface area contributed by atoms with Crippen molar-refractivity contribution in [2.75, 3.05) is 12.4 Å². The number of hydrogen-bond acceptors (Lipinski definition) is 4. The number of aromatic amines is 1. The molecule has 0 radical (unpaired) electrons. The third-order valence-electron chi connectivity index (χ3n) is 2.75. The number of nitrogens with zero attached hydrogens (tertiary/aromatic N) is 1. The Bertz CT molecular complexity index is 716. The second-order valence-corrected chi connectivity index (χ2v) is 3.92. The summed E-state index contributed by atoms with van der Waals surface area (Å²) >= 11 is 0.